The number of pyridine rings is 1. The number of aromatic nitrogens is 2. The molecular formula is C22H17N3OS. The molecule has 4 aromatic rings. The van der Waals surface area contributed by atoms with Crippen molar-refractivity contribution in [3.8, 4) is 11.4 Å². The Morgan fingerprint density at radius 1 is 0.852 bits per heavy atom. The molecule has 0 aliphatic heterocycles. The van der Waals surface area contributed by atoms with Crippen LogP contribution >= 0.6 is 11.3 Å². The van der Waals surface area contributed by atoms with Crippen LogP contribution in [0, 0.1) is 0 Å². The fraction of sp³-hybridized carbons (Fsp3) is 0.0455. The third-order valence-corrected chi connectivity index (χ3v) is 4.88. The molecule has 0 unspecified atom stereocenters. The summed E-state index contributed by atoms with van der Waals surface area (Å²) in [5.41, 5.74) is 4.58. The predicted octanol–water partition coefficient (Wildman–Crippen LogP) is 5.05. The minimum absolute atomic E-state index is 0.164. The number of hydrogen-bond acceptors (Lipinski definition) is 4. The van der Waals surface area contributed by atoms with Crippen LogP contribution in [-0.4, -0.2) is 15.9 Å². The largest absolute Gasteiger partial charge is 0.298 e. The van der Waals surface area contributed by atoms with E-state index in [0.717, 1.165) is 17.8 Å². The van der Waals surface area contributed by atoms with Crippen LogP contribution in [0.25, 0.3) is 11.4 Å². The molecule has 0 bridgehead atoms. The highest BCUT2D eigenvalue weighted by molar-refractivity contribution is 7.14. The average Bonchev–Trinajstić information content (AvgIpc) is 3.18. The summed E-state index contributed by atoms with van der Waals surface area (Å²) >= 11 is 1.39. The van der Waals surface area contributed by atoms with Gasteiger partial charge < -0.3 is 0 Å². The van der Waals surface area contributed by atoms with Gasteiger partial charge in [-0.25, -0.2) is 4.98 Å². The highest BCUT2D eigenvalue weighted by Gasteiger charge is 2.10. The predicted molar refractivity (Wildman–Crippen MR) is 109 cm³/mol. The minimum Gasteiger partial charge on any atom is -0.298 e. The molecule has 0 spiro atoms. The van der Waals surface area contributed by atoms with Gasteiger partial charge in [-0.15, -0.1) is 11.3 Å². The average molecular weight is 371 g/mol. The second-order valence-corrected chi connectivity index (χ2v) is 6.92. The topological polar surface area (TPSA) is 54.9 Å². The number of carbonyl (C=O) groups is 1. The highest BCUT2D eigenvalue weighted by Crippen LogP contribution is 2.23. The normalized spacial score (nSPS) is 10.5. The maximum absolute atomic E-state index is 12.5. The smallest absolute Gasteiger partial charge is 0.257 e. The number of hydrogen-bond donors (Lipinski definition) is 1. The van der Waals surface area contributed by atoms with Gasteiger partial charge in [0.15, 0.2) is 5.13 Å². The second-order valence-electron chi connectivity index (χ2n) is 6.07. The van der Waals surface area contributed by atoms with E-state index in [2.05, 4.69) is 27.4 Å². The van der Waals surface area contributed by atoms with E-state index in [0.29, 0.717) is 10.7 Å². The number of nitrogens with zero attached hydrogens (tertiary/aromatic N) is 2. The molecular weight excluding hydrogens is 354 g/mol. The fourth-order valence-electron chi connectivity index (χ4n) is 2.74. The van der Waals surface area contributed by atoms with Gasteiger partial charge >= 0.3 is 0 Å². The molecule has 2 aromatic carbocycles. The zero-order valence-corrected chi connectivity index (χ0v) is 15.3. The van der Waals surface area contributed by atoms with E-state index >= 15 is 0 Å². The first-order valence-electron chi connectivity index (χ1n) is 8.59. The molecule has 2 heterocycles. The Kier molecular flexibility index (Phi) is 5.03. The molecule has 2 aromatic heterocycles. The Hall–Kier alpha value is -3.31. The number of carbonyl (C=O) groups excluding carboxylic acids is 1. The molecule has 0 saturated carbocycles. The van der Waals surface area contributed by atoms with Crippen molar-refractivity contribution < 1.29 is 4.79 Å². The maximum Gasteiger partial charge on any atom is 0.257 e. The molecule has 1 N–H and O–H groups in total. The molecule has 0 aliphatic rings. The number of thiazole rings is 1. The maximum atomic E-state index is 12.5. The van der Waals surface area contributed by atoms with Crippen molar-refractivity contribution in [3.63, 3.8) is 0 Å². The number of rotatable bonds is 5. The lowest BCUT2D eigenvalue weighted by Gasteiger charge is -2.05. The summed E-state index contributed by atoms with van der Waals surface area (Å²) in [6.45, 7) is 0. The first kappa shape index (κ1) is 17.1. The van der Waals surface area contributed by atoms with Crippen LogP contribution in [0.2, 0.25) is 0 Å². The monoisotopic (exact) mass is 371 g/mol. The van der Waals surface area contributed by atoms with Crippen LogP contribution in [0.15, 0.2) is 84.4 Å². The van der Waals surface area contributed by atoms with Crippen LogP contribution in [0.5, 0.6) is 0 Å². The lowest BCUT2D eigenvalue weighted by atomic mass is 10.0. The van der Waals surface area contributed by atoms with Crippen LogP contribution in [0.1, 0.15) is 21.5 Å². The SMILES string of the molecule is O=C(Nc1nc(-c2ccccn2)cs1)c1ccc(Cc2ccccc2)cc1. The highest BCUT2D eigenvalue weighted by atomic mass is 32.1. The van der Waals surface area contributed by atoms with Crippen LogP contribution < -0.4 is 5.32 Å². The van der Waals surface area contributed by atoms with Crippen molar-refractivity contribution in [3.05, 3.63) is 101 Å². The minimum atomic E-state index is -0.164. The van der Waals surface area contributed by atoms with Gasteiger partial charge in [-0.05, 0) is 41.8 Å². The van der Waals surface area contributed by atoms with E-state index in [-0.39, 0.29) is 5.91 Å². The summed E-state index contributed by atoms with van der Waals surface area (Å²) in [6.07, 6.45) is 2.58. The van der Waals surface area contributed by atoms with Crippen LogP contribution in [0.3, 0.4) is 0 Å². The van der Waals surface area contributed by atoms with Crippen molar-refractivity contribution in [2.45, 2.75) is 6.42 Å². The molecule has 0 radical (unpaired) electrons. The van der Waals surface area contributed by atoms with E-state index in [1.165, 1.54) is 22.5 Å². The quantitative estimate of drug-likeness (QED) is 0.534. The summed E-state index contributed by atoms with van der Waals surface area (Å²) in [7, 11) is 0. The van der Waals surface area contributed by atoms with E-state index in [9.17, 15) is 4.79 Å². The van der Waals surface area contributed by atoms with Gasteiger partial charge in [0.2, 0.25) is 0 Å². The molecule has 5 heteroatoms. The molecule has 0 saturated heterocycles. The third kappa shape index (κ3) is 4.27. The van der Waals surface area contributed by atoms with Crippen molar-refractivity contribution in [1.29, 1.82) is 0 Å². The Bertz CT molecular complexity index is 1030. The zero-order chi connectivity index (χ0) is 18.5. The number of amides is 1. The zero-order valence-electron chi connectivity index (χ0n) is 14.5. The number of nitrogens with one attached hydrogen (secondary N) is 1. The first-order valence-corrected chi connectivity index (χ1v) is 9.47. The third-order valence-electron chi connectivity index (χ3n) is 4.12. The Morgan fingerprint density at radius 2 is 1.59 bits per heavy atom. The summed E-state index contributed by atoms with van der Waals surface area (Å²) in [4.78, 5) is 21.2. The lowest BCUT2D eigenvalue weighted by molar-refractivity contribution is 0.102. The van der Waals surface area contributed by atoms with Gasteiger partial charge in [0, 0.05) is 17.1 Å². The summed E-state index contributed by atoms with van der Waals surface area (Å²) in [6, 6.07) is 23.6. The molecule has 0 aliphatic carbocycles. The summed E-state index contributed by atoms with van der Waals surface area (Å²) in [5, 5.41) is 5.31. The van der Waals surface area contributed by atoms with Gasteiger partial charge in [0.1, 0.15) is 5.69 Å². The molecule has 132 valence electrons. The molecule has 0 atom stereocenters. The van der Waals surface area contributed by atoms with Crippen molar-refractivity contribution >= 4 is 22.4 Å². The first-order chi connectivity index (χ1) is 13.3. The molecule has 1 amide bonds. The second kappa shape index (κ2) is 7.93. The van der Waals surface area contributed by atoms with Crippen molar-refractivity contribution in [2.24, 2.45) is 0 Å². The van der Waals surface area contributed by atoms with Crippen molar-refractivity contribution in [1.82, 2.24) is 9.97 Å². The molecule has 4 nitrogen and oxygen atoms in total. The van der Waals surface area contributed by atoms with Crippen molar-refractivity contribution in [2.75, 3.05) is 5.32 Å². The standard InChI is InChI=1S/C22H17N3OS/c26-21(25-22-24-20(15-27-22)19-8-4-5-13-23-19)18-11-9-17(10-12-18)14-16-6-2-1-3-7-16/h1-13,15H,14H2,(H,24,25,26). The van der Waals surface area contributed by atoms with E-state index in [1.54, 1.807) is 6.20 Å². The van der Waals surface area contributed by atoms with Gasteiger partial charge in [0.05, 0.1) is 5.69 Å². The molecule has 27 heavy (non-hydrogen) atoms. The number of benzene rings is 2. The van der Waals surface area contributed by atoms with E-state index < -0.39 is 0 Å². The Balaban J connectivity index is 1.42. The van der Waals surface area contributed by atoms with Crippen LogP contribution in [-0.2, 0) is 6.42 Å². The van der Waals surface area contributed by atoms with E-state index in [1.807, 2.05) is 66.0 Å². The Morgan fingerprint density at radius 3 is 2.33 bits per heavy atom. The van der Waals surface area contributed by atoms with Gasteiger partial charge in [-0.1, -0.05) is 48.5 Å². The van der Waals surface area contributed by atoms with E-state index in [4.69, 9.17) is 0 Å². The summed E-state index contributed by atoms with van der Waals surface area (Å²) < 4.78 is 0. The van der Waals surface area contributed by atoms with Gasteiger partial charge in [0.25, 0.3) is 5.91 Å². The lowest BCUT2D eigenvalue weighted by Crippen LogP contribution is -2.11. The fourth-order valence-corrected chi connectivity index (χ4v) is 3.44. The summed E-state index contributed by atoms with van der Waals surface area (Å²) in [5.74, 6) is -0.164. The Labute approximate surface area is 161 Å². The molecule has 4 rings (SSSR count). The molecule has 0 fully saturated rings. The number of anilines is 1. The van der Waals surface area contributed by atoms with Gasteiger partial charge in [-0.3, -0.25) is 15.1 Å². The van der Waals surface area contributed by atoms with Gasteiger partial charge in [-0.2, -0.15) is 0 Å². The van der Waals surface area contributed by atoms with Crippen LogP contribution in [0.4, 0.5) is 5.13 Å².